The van der Waals surface area contributed by atoms with Gasteiger partial charge in [-0.15, -0.1) is 0 Å². The summed E-state index contributed by atoms with van der Waals surface area (Å²) >= 11 is 3.43. The lowest BCUT2D eigenvalue weighted by molar-refractivity contribution is 0.129. The first-order valence-electron chi connectivity index (χ1n) is 7.88. The number of hydrogen-bond donors (Lipinski definition) is 0. The molecule has 0 aromatic heterocycles. The summed E-state index contributed by atoms with van der Waals surface area (Å²) in [4.78, 5) is 2.48. The Balaban J connectivity index is 1.61. The van der Waals surface area contributed by atoms with Gasteiger partial charge in [-0.05, 0) is 56.2 Å². The summed E-state index contributed by atoms with van der Waals surface area (Å²) in [5.41, 5.74) is 2.81. The summed E-state index contributed by atoms with van der Waals surface area (Å²) < 4.78 is 5.63. The van der Waals surface area contributed by atoms with Gasteiger partial charge >= 0.3 is 0 Å². The number of alkyl halides is 1. The highest BCUT2D eigenvalue weighted by molar-refractivity contribution is 9.09. The summed E-state index contributed by atoms with van der Waals surface area (Å²) in [7, 11) is 0. The highest BCUT2D eigenvalue weighted by Gasteiger charge is 2.11. The molecule has 3 heteroatoms. The van der Waals surface area contributed by atoms with E-state index in [1.54, 1.807) is 0 Å². The Morgan fingerprint density at radius 3 is 2.35 bits per heavy atom. The topological polar surface area (TPSA) is 12.5 Å². The van der Waals surface area contributed by atoms with Crippen molar-refractivity contribution in [3.8, 4) is 0 Å². The molecule has 2 nitrogen and oxygen atoms in total. The number of nitrogens with zero attached hydrogens (tertiary/aromatic N) is 1. The molecular formula is C17H26BrNO. The molecule has 1 heterocycles. The van der Waals surface area contributed by atoms with E-state index in [1.807, 2.05) is 0 Å². The fourth-order valence-electron chi connectivity index (χ4n) is 2.63. The van der Waals surface area contributed by atoms with Crippen LogP contribution in [-0.2, 0) is 11.2 Å². The maximum absolute atomic E-state index is 5.63. The molecule has 1 aliphatic heterocycles. The number of unbranched alkanes of at least 4 members (excludes halogenated alkanes) is 1. The second kappa shape index (κ2) is 9.41. The summed E-state index contributed by atoms with van der Waals surface area (Å²) in [5.74, 6) is 0. The zero-order valence-electron chi connectivity index (χ0n) is 12.3. The van der Waals surface area contributed by atoms with Gasteiger partial charge in [-0.1, -0.05) is 28.1 Å². The molecule has 0 amide bonds. The third kappa shape index (κ3) is 5.45. The smallest absolute Gasteiger partial charge is 0.0469 e. The molecular weight excluding hydrogens is 314 g/mol. The highest BCUT2D eigenvalue weighted by Crippen LogP contribution is 2.20. The van der Waals surface area contributed by atoms with E-state index in [9.17, 15) is 0 Å². The van der Waals surface area contributed by atoms with Crippen LogP contribution in [0.2, 0.25) is 0 Å². The van der Waals surface area contributed by atoms with Gasteiger partial charge in [0.05, 0.1) is 0 Å². The van der Waals surface area contributed by atoms with Gasteiger partial charge in [-0.2, -0.15) is 0 Å². The third-order valence-corrected chi connectivity index (χ3v) is 4.39. The molecule has 2 rings (SSSR count). The van der Waals surface area contributed by atoms with Gasteiger partial charge in [0.2, 0.25) is 0 Å². The van der Waals surface area contributed by atoms with E-state index in [1.165, 1.54) is 43.6 Å². The van der Waals surface area contributed by atoms with Crippen molar-refractivity contribution in [2.24, 2.45) is 0 Å². The zero-order valence-corrected chi connectivity index (χ0v) is 13.9. The first kappa shape index (κ1) is 15.8. The van der Waals surface area contributed by atoms with Crippen LogP contribution in [-0.4, -0.2) is 31.6 Å². The van der Waals surface area contributed by atoms with Crippen LogP contribution in [0.3, 0.4) is 0 Å². The third-order valence-electron chi connectivity index (χ3n) is 3.83. The number of anilines is 1. The maximum Gasteiger partial charge on any atom is 0.0469 e. The molecule has 0 N–H and O–H groups in total. The predicted octanol–water partition coefficient (Wildman–Crippen LogP) is 4.41. The first-order chi connectivity index (χ1) is 9.90. The molecule has 0 aliphatic carbocycles. The Morgan fingerprint density at radius 1 is 0.950 bits per heavy atom. The minimum absolute atomic E-state index is 0.885. The van der Waals surface area contributed by atoms with E-state index in [2.05, 4.69) is 45.1 Å². The quantitative estimate of drug-likeness (QED) is 0.488. The lowest BCUT2D eigenvalue weighted by Crippen LogP contribution is -2.17. The highest BCUT2D eigenvalue weighted by atomic mass is 79.9. The van der Waals surface area contributed by atoms with Crippen molar-refractivity contribution in [3.63, 3.8) is 0 Å². The van der Waals surface area contributed by atoms with Crippen LogP contribution >= 0.6 is 15.9 Å². The van der Waals surface area contributed by atoms with Crippen molar-refractivity contribution in [1.82, 2.24) is 0 Å². The van der Waals surface area contributed by atoms with Crippen LogP contribution in [0, 0.1) is 0 Å². The number of rotatable bonds is 9. The largest absolute Gasteiger partial charge is 0.381 e. The standard InChI is InChI=1S/C17H26BrNO/c18-11-1-4-14-20-15-5-6-16-7-9-17(10-8-16)19-12-2-3-13-19/h7-10H,1-6,11-15H2. The molecule has 0 saturated carbocycles. The van der Waals surface area contributed by atoms with Crippen molar-refractivity contribution < 1.29 is 4.74 Å². The minimum atomic E-state index is 0.885. The van der Waals surface area contributed by atoms with Crippen molar-refractivity contribution in [1.29, 1.82) is 0 Å². The number of ether oxygens (including phenoxy) is 1. The second-order valence-corrected chi connectivity index (χ2v) is 6.27. The molecule has 1 aliphatic rings. The van der Waals surface area contributed by atoms with Crippen LogP contribution in [0.5, 0.6) is 0 Å². The fraction of sp³-hybridized carbons (Fsp3) is 0.647. The Bertz CT molecular complexity index is 360. The molecule has 1 aromatic rings. The molecule has 20 heavy (non-hydrogen) atoms. The average Bonchev–Trinajstić information content (AvgIpc) is 3.01. The Labute approximate surface area is 131 Å². The molecule has 1 aromatic carbocycles. The zero-order chi connectivity index (χ0) is 14.0. The van der Waals surface area contributed by atoms with Gasteiger partial charge in [0.1, 0.15) is 0 Å². The monoisotopic (exact) mass is 339 g/mol. The van der Waals surface area contributed by atoms with Crippen molar-refractivity contribution in [3.05, 3.63) is 29.8 Å². The van der Waals surface area contributed by atoms with Gasteiger partial charge in [-0.3, -0.25) is 0 Å². The molecule has 0 unspecified atom stereocenters. The maximum atomic E-state index is 5.63. The summed E-state index contributed by atoms with van der Waals surface area (Å²) in [5, 5.41) is 1.08. The summed E-state index contributed by atoms with van der Waals surface area (Å²) in [6.45, 7) is 4.23. The lowest BCUT2D eigenvalue weighted by atomic mass is 10.1. The van der Waals surface area contributed by atoms with Gasteiger partial charge < -0.3 is 9.64 Å². The van der Waals surface area contributed by atoms with Crippen LogP contribution in [0.4, 0.5) is 5.69 Å². The van der Waals surface area contributed by atoms with Gasteiger partial charge in [0.25, 0.3) is 0 Å². The number of benzene rings is 1. The van der Waals surface area contributed by atoms with Crippen molar-refractivity contribution in [2.75, 3.05) is 36.5 Å². The predicted molar refractivity (Wildman–Crippen MR) is 90.1 cm³/mol. The minimum Gasteiger partial charge on any atom is -0.381 e. The van der Waals surface area contributed by atoms with E-state index >= 15 is 0 Å². The Morgan fingerprint density at radius 2 is 1.65 bits per heavy atom. The van der Waals surface area contributed by atoms with Crippen LogP contribution in [0.25, 0.3) is 0 Å². The summed E-state index contributed by atoms with van der Waals surface area (Å²) in [6.07, 6.45) is 7.30. The molecule has 112 valence electrons. The first-order valence-corrected chi connectivity index (χ1v) is 9.00. The molecule has 0 radical (unpaired) electrons. The second-order valence-electron chi connectivity index (χ2n) is 5.47. The molecule has 1 fully saturated rings. The number of aryl methyl sites for hydroxylation is 1. The fourth-order valence-corrected chi connectivity index (χ4v) is 3.02. The van der Waals surface area contributed by atoms with Crippen LogP contribution < -0.4 is 4.90 Å². The average molecular weight is 340 g/mol. The summed E-state index contributed by atoms with van der Waals surface area (Å²) in [6, 6.07) is 9.10. The van der Waals surface area contributed by atoms with Gasteiger partial charge in [-0.25, -0.2) is 0 Å². The Hall–Kier alpha value is -0.540. The van der Waals surface area contributed by atoms with E-state index in [0.29, 0.717) is 0 Å². The molecule has 0 spiro atoms. The molecule has 1 saturated heterocycles. The van der Waals surface area contributed by atoms with E-state index in [0.717, 1.165) is 37.8 Å². The van der Waals surface area contributed by atoms with Gasteiger partial charge in [0.15, 0.2) is 0 Å². The van der Waals surface area contributed by atoms with Crippen molar-refractivity contribution >= 4 is 21.6 Å². The van der Waals surface area contributed by atoms with Crippen LogP contribution in [0.15, 0.2) is 24.3 Å². The lowest BCUT2D eigenvalue weighted by Gasteiger charge is -2.17. The van der Waals surface area contributed by atoms with E-state index in [-0.39, 0.29) is 0 Å². The number of halogens is 1. The van der Waals surface area contributed by atoms with Gasteiger partial charge in [0, 0.05) is 37.3 Å². The van der Waals surface area contributed by atoms with E-state index in [4.69, 9.17) is 4.74 Å². The molecule has 0 atom stereocenters. The van der Waals surface area contributed by atoms with Crippen molar-refractivity contribution in [2.45, 2.75) is 38.5 Å². The van der Waals surface area contributed by atoms with E-state index < -0.39 is 0 Å². The number of hydrogen-bond acceptors (Lipinski definition) is 2. The normalized spacial score (nSPS) is 14.9. The Kier molecular flexibility index (Phi) is 7.45. The van der Waals surface area contributed by atoms with Crippen LogP contribution in [0.1, 0.15) is 37.7 Å². The SMILES string of the molecule is BrCCCCOCCCc1ccc(N2CCCC2)cc1. The molecule has 0 bridgehead atoms.